The molecule has 0 unspecified atom stereocenters. The van der Waals surface area contributed by atoms with Gasteiger partial charge in [0, 0.05) is 0 Å². The third-order valence-corrected chi connectivity index (χ3v) is 4.35. The van der Waals surface area contributed by atoms with Crippen molar-refractivity contribution in [1.82, 2.24) is 0 Å². The highest BCUT2D eigenvalue weighted by Crippen LogP contribution is 2.38. The van der Waals surface area contributed by atoms with Gasteiger partial charge in [0.05, 0.1) is 40.0 Å². The highest BCUT2D eigenvalue weighted by molar-refractivity contribution is 5.91. The smallest absolute Gasteiger partial charge is 0.338 e. The molecule has 0 amide bonds. The molecule has 1 aliphatic rings. The molecule has 1 aromatic rings. The molecule has 0 bridgehead atoms. The normalized spacial score (nSPS) is 16.3. The van der Waals surface area contributed by atoms with Crippen LogP contribution in [0.3, 0.4) is 0 Å². The van der Waals surface area contributed by atoms with Crippen molar-refractivity contribution in [3.63, 3.8) is 0 Å². The lowest BCUT2D eigenvalue weighted by molar-refractivity contribution is -0.907. The van der Waals surface area contributed by atoms with Gasteiger partial charge in [0.2, 0.25) is 5.75 Å². The molecule has 2 rings (SSSR count). The topological polar surface area (TPSA) is 58.4 Å². The van der Waals surface area contributed by atoms with Gasteiger partial charge in [0.15, 0.2) is 11.5 Å². The van der Waals surface area contributed by atoms with Gasteiger partial charge in [-0.25, -0.2) is 4.79 Å². The van der Waals surface area contributed by atoms with Gasteiger partial charge in [-0.3, -0.25) is 0 Å². The lowest BCUT2D eigenvalue weighted by Gasteiger charge is -2.26. The van der Waals surface area contributed by atoms with Crippen LogP contribution < -0.4 is 19.1 Å². The van der Waals surface area contributed by atoms with Crippen LogP contribution in [0.25, 0.3) is 0 Å². The third-order valence-electron chi connectivity index (χ3n) is 4.35. The number of benzene rings is 1. The molecule has 134 valence electrons. The van der Waals surface area contributed by atoms with Crippen molar-refractivity contribution in [3.8, 4) is 17.2 Å². The van der Waals surface area contributed by atoms with Gasteiger partial charge < -0.3 is 23.8 Å². The maximum atomic E-state index is 12.4. The molecule has 0 saturated carbocycles. The number of ether oxygens (including phenoxy) is 4. The van der Waals surface area contributed by atoms with Gasteiger partial charge in [-0.05, 0) is 38.3 Å². The Morgan fingerprint density at radius 3 is 2.12 bits per heavy atom. The number of esters is 1. The first-order valence-corrected chi connectivity index (χ1v) is 8.43. The Kier molecular flexibility index (Phi) is 6.73. The number of likely N-dealkylation sites (tertiary alicyclic amines) is 1. The van der Waals surface area contributed by atoms with E-state index >= 15 is 0 Å². The van der Waals surface area contributed by atoms with Crippen molar-refractivity contribution in [1.29, 1.82) is 0 Å². The van der Waals surface area contributed by atoms with Crippen LogP contribution in [0.15, 0.2) is 12.1 Å². The lowest BCUT2D eigenvalue weighted by atomic mass is 10.1. The second-order valence-electron chi connectivity index (χ2n) is 6.14. The Bertz CT molecular complexity index is 529. The first-order chi connectivity index (χ1) is 11.6. The van der Waals surface area contributed by atoms with Crippen LogP contribution in [0.4, 0.5) is 0 Å². The Labute approximate surface area is 143 Å². The summed E-state index contributed by atoms with van der Waals surface area (Å²) in [5.74, 6) is 0.969. The zero-order valence-electron chi connectivity index (χ0n) is 15.0. The molecule has 0 radical (unpaired) electrons. The number of quaternary nitrogens is 1. The summed E-state index contributed by atoms with van der Waals surface area (Å²) in [7, 11) is 4.57. The average molecular weight is 338 g/mol. The Balaban J connectivity index is 2.05. The van der Waals surface area contributed by atoms with E-state index in [1.807, 2.05) is 6.92 Å². The molecule has 0 spiro atoms. The molecule has 1 heterocycles. The average Bonchev–Trinajstić information content (AvgIpc) is 2.60. The van der Waals surface area contributed by atoms with E-state index in [1.165, 1.54) is 45.5 Å². The highest BCUT2D eigenvalue weighted by atomic mass is 16.5. The summed E-state index contributed by atoms with van der Waals surface area (Å²) in [6, 6.07) is 3.23. The number of hydrogen-bond donors (Lipinski definition) is 1. The SMILES string of the molecule is COc1cc(C(=O)O[C@@H](C)C[NH+]2CCCCC2)cc(OC)c1OC. The number of rotatable bonds is 7. The molecule has 1 aliphatic heterocycles. The van der Waals surface area contributed by atoms with Crippen LogP contribution in [0.2, 0.25) is 0 Å². The monoisotopic (exact) mass is 338 g/mol. The Hall–Kier alpha value is -1.95. The molecule has 6 heteroatoms. The minimum absolute atomic E-state index is 0.135. The summed E-state index contributed by atoms with van der Waals surface area (Å²) in [6.07, 6.45) is 3.68. The van der Waals surface area contributed by atoms with Crippen molar-refractivity contribution in [2.24, 2.45) is 0 Å². The summed E-state index contributed by atoms with van der Waals surface area (Å²) in [5.41, 5.74) is 0.394. The van der Waals surface area contributed by atoms with E-state index in [-0.39, 0.29) is 12.1 Å². The molecule has 1 N–H and O–H groups in total. The first kappa shape index (κ1) is 18.4. The fourth-order valence-corrected chi connectivity index (χ4v) is 3.15. The van der Waals surface area contributed by atoms with Gasteiger partial charge in [-0.1, -0.05) is 0 Å². The highest BCUT2D eigenvalue weighted by Gasteiger charge is 2.22. The summed E-state index contributed by atoms with van der Waals surface area (Å²) < 4.78 is 21.4. The van der Waals surface area contributed by atoms with E-state index in [9.17, 15) is 4.79 Å². The lowest BCUT2D eigenvalue weighted by Crippen LogP contribution is -3.13. The Morgan fingerprint density at radius 2 is 1.62 bits per heavy atom. The number of methoxy groups -OCH3 is 3. The molecule has 1 aromatic carbocycles. The maximum Gasteiger partial charge on any atom is 0.338 e. The van der Waals surface area contributed by atoms with Crippen LogP contribution in [0, 0.1) is 0 Å². The van der Waals surface area contributed by atoms with E-state index in [4.69, 9.17) is 18.9 Å². The van der Waals surface area contributed by atoms with Gasteiger partial charge in [0.1, 0.15) is 12.6 Å². The third kappa shape index (κ3) is 4.54. The number of hydrogen-bond acceptors (Lipinski definition) is 5. The van der Waals surface area contributed by atoms with Crippen LogP contribution in [-0.4, -0.2) is 53.0 Å². The molecule has 0 aliphatic carbocycles. The van der Waals surface area contributed by atoms with Gasteiger partial charge in [-0.2, -0.15) is 0 Å². The minimum Gasteiger partial charge on any atom is -0.493 e. The number of piperidine rings is 1. The first-order valence-electron chi connectivity index (χ1n) is 8.43. The van der Waals surface area contributed by atoms with Crippen molar-refractivity contribution in [3.05, 3.63) is 17.7 Å². The standard InChI is InChI=1S/C18H27NO5/c1-13(12-19-8-6-5-7-9-19)24-18(20)14-10-15(21-2)17(23-4)16(11-14)22-3/h10-11,13H,5-9,12H2,1-4H3/p+1/t13-/m0/s1. The summed E-state index contributed by atoms with van der Waals surface area (Å²) in [5, 5.41) is 0. The molecule has 1 fully saturated rings. The second kappa shape index (κ2) is 8.78. The van der Waals surface area contributed by atoms with E-state index in [1.54, 1.807) is 12.1 Å². The number of carbonyl (C=O) groups is 1. The van der Waals surface area contributed by atoms with Crippen LogP contribution in [0.1, 0.15) is 36.5 Å². The van der Waals surface area contributed by atoms with Crippen molar-refractivity contribution < 1.29 is 28.6 Å². The van der Waals surface area contributed by atoms with Crippen LogP contribution >= 0.6 is 0 Å². The summed E-state index contributed by atoms with van der Waals surface area (Å²) in [4.78, 5) is 14.0. The van der Waals surface area contributed by atoms with Gasteiger partial charge in [0.25, 0.3) is 0 Å². The zero-order valence-corrected chi connectivity index (χ0v) is 15.0. The van der Waals surface area contributed by atoms with Crippen molar-refractivity contribution >= 4 is 5.97 Å². The molecule has 0 aromatic heterocycles. The maximum absolute atomic E-state index is 12.4. The van der Waals surface area contributed by atoms with Crippen LogP contribution in [0.5, 0.6) is 17.2 Å². The fraction of sp³-hybridized carbons (Fsp3) is 0.611. The summed E-state index contributed by atoms with van der Waals surface area (Å²) in [6.45, 7) is 5.10. The molecular formula is C18H28NO5+. The minimum atomic E-state index is -0.377. The molecule has 6 nitrogen and oxygen atoms in total. The van der Waals surface area contributed by atoms with E-state index in [0.717, 1.165) is 19.6 Å². The van der Waals surface area contributed by atoms with E-state index < -0.39 is 0 Å². The largest absolute Gasteiger partial charge is 0.493 e. The number of nitrogens with one attached hydrogen (secondary N) is 1. The Morgan fingerprint density at radius 1 is 1.04 bits per heavy atom. The quantitative estimate of drug-likeness (QED) is 0.760. The van der Waals surface area contributed by atoms with Gasteiger partial charge >= 0.3 is 5.97 Å². The van der Waals surface area contributed by atoms with E-state index in [0.29, 0.717) is 22.8 Å². The van der Waals surface area contributed by atoms with Crippen molar-refractivity contribution in [2.75, 3.05) is 41.0 Å². The predicted octanol–water partition coefficient (Wildman–Crippen LogP) is 1.33. The predicted molar refractivity (Wildman–Crippen MR) is 90.4 cm³/mol. The van der Waals surface area contributed by atoms with Gasteiger partial charge in [-0.15, -0.1) is 0 Å². The fourth-order valence-electron chi connectivity index (χ4n) is 3.15. The van der Waals surface area contributed by atoms with Crippen molar-refractivity contribution in [2.45, 2.75) is 32.3 Å². The molecule has 1 saturated heterocycles. The number of carbonyl (C=O) groups excluding carboxylic acids is 1. The van der Waals surface area contributed by atoms with Crippen LogP contribution in [-0.2, 0) is 4.74 Å². The summed E-state index contributed by atoms with van der Waals surface area (Å²) >= 11 is 0. The zero-order chi connectivity index (χ0) is 17.5. The second-order valence-corrected chi connectivity index (χ2v) is 6.14. The molecular weight excluding hydrogens is 310 g/mol. The van der Waals surface area contributed by atoms with E-state index in [2.05, 4.69) is 0 Å². The molecule has 1 atom stereocenters. The molecule has 24 heavy (non-hydrogen) atoms.